The molecule has 0 aliphatic carbocycles. The van der Waals surface area contributed by atoms with E-state index in [-0.39, 0.29) is 18.4 Å². The number of carboxylic acid groups (broad SMARTS) is 1. The molecule has 1 atom stereocenters. The van der Waals surface area contributed by atoms with Gasteiger partial charge in [0, 0.05) is 24.5 Å². The average Bonchev–Trinajstić information content (AvgIpc) is 2.76. The van der Waals surface area contributed by atoms with Crippen LogP contribution in [0.4, 0.5) is 9.80 Å². The van der Waals surface area contributed by atoms with Gasteiger partial charge in [-0.15, -0.1) is 5.10 Å². The molecule has 7 nitrogen and oxygen atoms in total. The lowest BCUT2D eigenvalue weighted by Crippen LogP contribution is -2.32. The van der Waals surface area contributed by atoms with Crippen molar-refractivity contribution in [2.75, 3.05) is 11.9 Å². The van der Waals surface area contributed by atoms with Crippen LogP contribution in [0.5, 0.6) is 0 Å². The molecule has 8 heteroatoms. The first-order chi connectivity index (χ1) is 8.08. The van der Waals surface area contributed by atoms with E-state index in [2.05, 4.69) is 20.2 Å². The number of carbonyl (C=O) groups is 2. The quantitative estimate of drug-likeness (QED) is 0.710. The maximum Gasteiger partial charge on any atom is 0.319 e. The molecule has 2 amide bonds. The van der Waals surface area contributed by atoms with Crippen molar-refractivity contribution in [2.24, 2.45) is 5.92 Å². The van der Waals surface area contributed by atoms with Crippen molar-refractivity contribution in [3.63, 3.8) is 0 Å². The van der Waals surface area contributed by atoms with Gasteiger partial charge in [0.25, 0.3) is 0 Å². The molecule has 0 aliphatic rings. The summed E-state index contributed by atoms with van der Waals surface area (Å²) in [4.78, 5) is 21.7. The Balaban J connectivity index is 2.17. The lowest BCUT2D eigenvalue weighted by Gasteiger charge is -2.11. The Morgan fingerprint density at radius 3 is 2.94 bits per heavy atom. The summed E-state index contributed by atoms with van der Waals surface area (Å²) in [5.41, 5.74) is 0. The number of carboxylic acids is 1. The standard InChI is InChI=1S/C9H14N4O3S/c1-6(2-3-8(14)15)4-10-9(16)12-7-5-11-13-17-7/h5-6H,2-4H2,1H3,(H,14,15)(H2,10,12,16). The van der Waals surface area contributed by atoms with Gasteiger partial charge in [-0.3, -0.25) is 10.1 Å². The van der Waals surface area contributed by atoms with Crippen molar-refractivity contribution in [3.8, 4) is 0 Å². The van der Waals surface area contributed by atoms with Crippen LogP contribution in [0.25, 0.3) is 0 Å². The number of urea groups is 1. The van der Waals surface area contributed by atoms with Crippen molar-refractivity contribution in [3.05, 3.63) is 6.20 Å². The molecule has 0 saturated carbocycles. The number of hydrogen-bond donors (Lipinski definition) is 3. The zero-order valence-electron chi connectivity index (χ0n) is 9.34. The van der Waals surface area contributed by atoms with Gasteiger partial charge in [0.2, 0.25) is 0 Å². The molecule has 17 heavy (non-hydrogen) atoms. The minimum Gasteiger partial charge on any atom is -0.481 e. The maximum absolute atomic E-state index is 11.4. The maximum atomic E-state index is 11.4. The number of carbonyl (C=O) groups excluding carboxylic acids is 1. The second-order valence-electron chi connectivity index (χ2n) is 3.65. The van der Waals surface area contributed by atoms with Crippen LogP contribution < -0.4 is 10.6 Å². The molecular formula is C9H14N4O3S. The molecule has 1 aromatic heterocycles. The molecule has 1 heterocycles. The normalized spacial score (nSPS) is 11.8. The SMILES string of the molecule is CC(CCC(=O)O)CNC(=O)Nc1cnns1. The van der Waals surface area contributed by atoms with E-state index in [1.165, 1.54) is 6.20 Å². The Morgan fingerprint density at radius 2 is 2.35 bits per heavy atom. The van der Waals surface area contributed by atoms with Crippen LogP contribution >= 0.6 is 11.5 Å². The van der Waals surface area contributed by atoms with Crippen LogP contribution in [0, 0.1) is 5.92 Å². The topological polar surface area (TPSA) is 104 Å². The summed E-state index contributed by atoms with van der Waals surface area (Å²) in [6.45, 7) is 2.32. The summed E-state index contributed by atoms with van der Waals surface area (Å²) in [6, 6.07) is -0.335. The molecule has 0 spiro atoms. The van der Waals surface area contributed by atoms with E-state index < -0.39 is 5.97 Å². The number of anilines is 1. The Kier molecular flexibility index (Phi) is 5.34. The summed E-state index contributed by atoms with van der Waals surface area (Å²) in [6.07, 6.45) is 2.11. The fourth-order valence-corrected chi connectivity index (χ4v) is 1.53. The number of aliphatic carboxylic acids is 1. The number of amides is 2. The molecule has 0 bridgehead atoms. The predicted molar refractivity (Wildman–Crippen MR) is 63.0 cm³/mol. The van der Waals surface area contributed by atoms with Gasteiger partial charge in [-0.05, 0) is 12.3 Å². The summed E-state index contributed by atoms with van der Waals surface area (Å²) in [7, 11) is 0. The van der Waals surface area contributed by atoms with E-state index in [1.807, 2.05) is 6.92 Å². The van der Waals surface area contributed by atoms with E-state index in [0.29, 0.717) is 18.0 Å². The lowest BCUT2D eigenvalue weighted by molar-refractivity contribution is -0.137. The van der Waals surface area contributed by atoms with Crippen molar-refractivity contribution in [2.45, 2.75) is 19.8 Å². The van der Waals surface area contributed by atoms with Crippen LogP contribution in [0.3, 0.4) is 0 Å². The molecule has 0 aliphatic heterocycles. The molecule has 1 aromatic rings. The first-order valence-electron chi connectivity index (χ1n) is 5.12. The largest absolute Gasteiger partial charge is 0.481 e. The third-order valence-electron chi connectivity index (χ3n) is 2.06. The van der Waals surface area contributed by atoms with Gasteiger partial charge in [0.05, 0.1) is 6.20 Å². The summed E-state index contributed by atoms with van der Waals surface area (Å²) < 4.78 is 3.60. The van der Waals surface area contributed by atoms with Crippen LogP contribution in [0.2, 0.25) is 0 Å². The monoisotopic (exact) mass is 258 g/mol. The number of nitrogens with one attached hydrogen (secondary N) is 2. The van der Waals surface area contributed by atoms with E-state index in [4.69, 9.17) is 5.11 Å². The Bertz CT molecular complexity index is 368. The van der Waals surface area contributed by atoms with Gasteiger partial charge in [-0.25, -0.2) is 4.79 Å². The van der Waals surface area contributed by atoms with Gasteiger partial charge in [-0.1, -0.05) is 11.4 Å². The van der Waals surface area contributed by atoms with Crippen LogP contribution in [-0.4, -0.2) is 33.2 Å². The Morgan fingerprint density at radius 1 is 1.59 bits per heavy atom. The highest BCUT2D eigenvalue weighted by Gasteiger charge is 2.08. The average molecular weight is 258 g/mol. The number of hydrogen-bond acceptors (Lipinski definition) is 5. The summed E-state index contributed by atoms with van der Waals surface area (Å²) in [5, 5.41) is 17.9. The number of rotatable bonds is 6. The zero-order valence-corrected chi connectivity index (χ0v) is 10.2. The fourth-order valence-electron chi connectivity index (χ4n) is 1.12. The first-order valence-corrected chi connectivity index (χ1v) is 5.89. The summed E-state index contributed by atoms with van der Waals surface area (Å²) >= 11 is 1.09. The van der Waals surface area contributed by atoms with Crippen molar-refractivity contribution >= 4 is 28.5 Å². The van der Waals surface area contributed by atoms with E-state index in [0.717, 1.165) is 11.5 Å². The highest BCUT2D eigenvalue weighted by atomic mass is 32.1. The van der Waals surface area contributed by atoms with Crippen molar-refractivity contribution in [1.29, 1.82) is 0 Å². The lowest BCUT2D eigenvalue weighted by atomic mass is 10.1. The minimum atomic E-state index is -0.822. The highest BCUT2D eigenvalue weighted by molar-refractivity contribution is 7.10. The van der Waals surface area contributed by atoms with E-state index in [1.54, 1.807) is 0 Å². The summed E-state index contributed by atoms with van der Waals surface area (Å²) in [5.74, 6) is -0.700. The van der Waals surface area contributed by atoms with Crippen LogP contribution in [0.1, 0.15) is 19.8 Å². The molecular weight excluding hydrogens is 244 g/mol. The third-order valence-corrected chi connectivity index (χ3v) is 2.64. The third kappa shape index (κ3) is 5.81. The Hall–Kier alpha value is -1.70. The second kappa shape index (κ2) is 6.79. The molecule has 0 fully saturated rings. The molecule has 94 valence electrons. The number of nitrogens with zero attached hydrogens (tertiary/aromatic N) is 2. The minimum absolute atomic E-state index is 0.114. The zero-order chi connectivity index (χ0) is 12.7. The Labute approximate surface area is 102 Å². The van der Waals surface area contributed by atoms with Gasteiger partial charge in [0.15, 0.2) is 0 Å². The van der Waals surface area contributed by atoms with E-state index in [9.17, 15) is 9.59 Å². The smallest absolute Gasteiger partial charge is 0.319 e. The van der Waals surface area contributed by atoms with Gasteiger partial charge < -0.3 is 10.4 Å². The number of aromatic nitrogens is 2. The van der Waals surface area contributed by atoms with Crippen LogP contribution in [0.15, 0.2) is 6.20 Å². The molecule has 0 saturated heterocycles. The molecule has 0 radical (unpaired) electrons. The van der Waals surface area contributed by atoms with Gasteiger partial charge >= 0.3 is 12.0 Å². The second-order valence-corrected chi connectivity index (χ2v) is 4.44. The van der Waals surface area contributed by atoms with Crippen molar-refractivity contribution in [1.82, 2.24) is 14.9 Å². The predicted octanol–water partition coefficient (Wildman–Crippen LogP) is 1.16. The van der Waals surface area contributed by atoms with Gasteiger partial charge in [-0.2, -0.15) is 0 Å². The van der Waals surface area contributed by atoms with Crippen molar-refractivity contribution < 1.29 is 14.7 Å². The van der Waals surface area contributed by atoms with Gasteiger partial charge in [0.1, 0.15) is 5.00 Å². The van der Waals surface area contributed by atoms with E-state index >= 15 is 0 Å². The molecule has 1 unspecified atom stereocenters. The molecule has 3 N–H and O–H groups in total. The fraction of sp³-hybridized carbons (Fsp3) is 0.556. The van der Waals surface area contributed by atoms with Crippen LogP contribution in [-0.2, 0) is 4.79 Å². The molecule has 1 rings (SSSR count). The highest BCUT2D eigenvalue weighted by Crippen LogP contribution is 2.08. The first kappa shape index (κ1) is 13.4. The molecule has 0 aromatic carbocycles.